The highest BCUT2D eigenvalue weighted by molar-refractivity contribution is 6.30. The molecule has 32 heavy (non-hydrogen) atoms. The third-order valence-corrected chi connectivity index (χ3v) is 6.07. The van der Waals surface area contributed by atoms with Crippen LogP contribution in [0.15, 0.2) is 24.7 Å². The summed E-state index contributed by atoms with van der Waals surface area (Å²) in [4.78, 5) is 16.8. The maximum Gasteiger partial charge on any atom is 0.239 e. The number of carbonyl (C=O) groups is 1. The fourth-order valence-corrected chi connectivity index (χ4v) is 4.09. The molecule has 3 rings (SSSR count). The lowest BCUT2D eigenvalue weighted by Gasteiger charge is -2.29. The number of fused-ring (bicyclic) bond motifs is 1. The van der Waals surface area contributed by atoms with Gasteiger partial charge in [0.25, 0.3) is 0 Å². The topological polar surface area (TPSA) is 71.0 Å². The smallest absolute Gasteiger partial charge is 0.239 e. The van der Waals surface area contributed by atoms with Crippen LogP contribution in [-0.4, -0.2) is 41.1 Å². The van der Waals surface area contributed by atoms with Crippen LogP contribution in [-0.2, 0) is 23.2 Å². The third kappa shape index (κ3) is 6.77. The molecular formula is C24H35ClFN5O. The van der Waals surface area contributed by atoms with Crippen LogP contribution < -0.4 is 16.0 Å². The Hall–Kier alpha value is -1.96. The van der Waals surface area contributed by atoms with E-state index in [9.17, 15) is 9.18 Å². The average molecular weight is 464 g/mol. The number of benzene rings is 1. The molecule has 0 bridgehead atoms. The van der Waals surface area contributed by atoms with E-state index in [0.29, 0.717) is 5.82 Å². The van der Waals surface area contributed by atoms with Crippen molar-refractivity contribution in [3.63, 3.8) is 0 Å². The normalized spacial score (nSPS) is 16.7. The Kier molecular flexibility index (Phi) is 7.63. The molecule has 0 aliphatic heterocycles. The van der Waals surface area contributed by atoms with Crippen LogP contribution in [0.1, 0.15) is 52.2 Å². The van der Waals surface area contributed by atoms with Crippen molar-refractivity contribution < 1.29 is 9.18 Å². The summed E-state index contributed by atoms with van der Waals surface area (Å²) in [5.41, 5.74) is 2.09. The number of amides is 1. The molecule has 0 saturated heterocycles. The molecule has 1 aromatic heterocycles. The highest BCUT2D eigenvalue weighted by Gasteiger charge is 2.23. The Morgan fingerprint density at radius 2 is 1.97 bits per heavy atom. The Bertz CT molecular complexity index is 950. The molecule has 0 fully saturated rings. The van der Waals surface area contributed by atoms with Gasteiger partial charge in [-0.05, 0) is 61.8 Å². The zero-order chi connectivity index (χ0) is 23.5. The number of hydrogen-bond donors (Lipinski definition) is 3. The molecular weight excluding hydrogens is 429 g/mol. The molecule has 0 saturated carbocycles. The van der Waals surface area contributed by atoms with Crippen LogP contribution in [0.25, 0.3) is 0 Å². The maximum absolute atomic E-state index is 13.6. The standard InChI is InChI=1S/C24H35ClFN5O/c1-23(2,3)13-27-14-24(4,5)31-12-21(29-15-31)30-22(32)11-28-18-7-6-16-10-20(26)19(25)9-17(16)8-18/h9-10,12,15,18,27-28H,6-8,11,13-14H2,1-5H3,(H,30,32). The predicted molar refractivity (Wildman–Crippen MR) is 128 cm³/mol. The second-order valence-electron chi connectivity index (χ2n) is 10.5. The van der Waals surface area contributed by atoms with E-state index in [1.54, 1.807) is 12.4 Å². The number of aromatic nitrogens is 2. The number of carbonyl (C=O) groups excluding carboxylic acids is 1. The van der Waals surface area contributed by atoms with Gasteiger partial charge in [0, 0.05) is 25.3 Å². The van der Waals surface area contributed by atoms with Gasteiger partial charge in [0.15, 0.2) is 5.82 Å². The molecule has 0 radical (unpaired) electrons. The third-order valence-electron chi connectivity index (χ3n) is 5.78. The van der Waals surface area contributed by atoms with E-state index < -0.39 is 0 Å². The summed E-state index contributed by atoms with van der Waals surface area (Å²) in [5.74, 6) is 0.0302. The molecule has 1 heterocycles. The second kappa shape index (κ2) is 9.89. The van der Waals surface area contributed by atoms with E-state index in [2.05, 4.69) is 55.6 Å². The molecule has 1 amide bonds. The van der Waals surface area contributed by atoms with Gasteiger partial charge in [0.1, 0.15) is 5.82 Å². The van der Waals surface area contributed by atoms with Crippen molar-refractivity contribution in [2.24, 2.45) is 5.41 Å². The fraction of sp³-hybridized carbons (Fsp3) is 0.583. The molecule has 1 aromatic carbocycles. The molecule has 8 heteroatoms. The van der Waals surface area contributed by atoms with Crippen molar-refractivity contribution in [3.05, 3.63) is 46.6 Å². The largest absolute Gasteiger partial charge is 0.328 e. The highest BCUT2D eigenvalue weighted by atomic mass is 35.5. The summed E-state index contributed by atoms with van der Waals surface area (Å²) in [6.07, 6.45) is 5.97. The van der Waals surface area contributed by atoms with Crippen molar-refractivity contribution in [1.82, 2.24) is 20.2 Å². The van der Waals surface area contributed by atoms with Gasteiger partial charge in [-0.2, -0.15) is 0 Å². The number of aryl methyl sites for hydroxylation is 1. The minimum atomic E-state index is -0.371. The first kappa shape index (κ1) is 24.7. The summed E-state index contributed by atoms with van der Waals surface area (Å²) < 4.78 is 15.7. The molecule has 6 nitrogen and oxygen atoms in total. The fourth-order valence-electron chi connectivity index (χ4n) is 3.90. The molecule has 0 spiro atoms. The van der Waals surface area contributed by atoms with Gasteiger partial charge in [-0.15, -0.1) is 0 Å². The van der Waals surface area contributed by atoms with Gasteiger partial charge < -0.3 is 20.5 Å². The van der Waals surface area contributed by atoms with Crippen LogP contribution in [0, 0.1) is 11.2 Å². The average Bonchev–Trinajstić information content (AvgIpc) is 3.15. The molecule has 1 atom stereocenters. The van der Waals surface area contributed by atoms with Gasteiger partial charge in [0.05, 0.1) is 23.4 Å². The minimum absolute atomic E-state index is 0.137. The number of rotatable bonds is 8. The number of nitrogens with zero attached hydrogens (tertiary/aromatic N) is 2. The van der Waals surface area contributed by atoms with Crippen LogP contribution in [0.3, 0.4) is 0 Å². The van der Waals surface area contributed by atoms with Crippen molar-refractivity contribution in [1.29, 1.82) is 0 Å². The summed E-state index contributed by atoms with van der Waals surface area (Å²) in [7, 11) is 0. The van der Waals surface area contributed by atoms with Gasteiger partial charge >= 0.3 is 0 Å². The second-order valence-corrected chi connectivity index (χ2v) is 11.0. The van der Waals surface area contributed by atoms with Crippen molar-refractivity contribution in [2.45, 2.75) is 65.5 Å². The minimum Gasteiger partial charge on any atom is -0.328 e. The molecule has 1 aliphatic rings. The van der Waals surface area contributed by atoms with Crippen LogP contribution >= 0.6 is 11.6 Å². The summed E-state index contributed by atoms with van der Waals surface area (Å²) >= 11 is 5.92. The Morgan fingerprint density at radius 1 is 1.22 bits per heavy atom. The number of halogens is 2. The lowest BCUT2D eigenvalue weighted by molar-refractivity contribution is -0.115. The van der Waals surface area contributed by atoms with E-state index in [0.717, 1.165) is 43.5 Å². The van der Waals surface area contributed by atoms with Gasteiger partial charge in [0.2, 0.25) is 5.91 Å². The number of imidazole rings is 1. The lowest BCUT2D eigenvalue weighted by Crippen LogP contribution is -2.40. The van der Waals surface area contributed by atoms with E-state index >= 15 is 0 Å². The van der Waals surface area contributed by atoms with Crippen molar-refractivity contribution in [3.8, 4) is 0 Å². The molecule has 2 aromatic rings. The van der Waals surface area contributed by atoms with Gasteiger partial charge in [-0.1, -0.05) is 32.4 Å². The zero-order valence-electron chi connectivity index (χ0n) is 19.7. The molecule has 176 valence electrons. The zero-order valence-corrected chi connectivity index (χ0v) is 20.4. The van der Waals surface area contributed by atoms with Crippen molar-refractivity contribution >= 4 is 23.3 Å². The Balaban J connectivity index is 1.47. The molecule has 1 aliphatic carbocycles. The number of anilines is 1. The van der Waals surface area contributed by atoms with Crippen LogP contribution in [0.4, 0.5) is 10.2 Å². The van der Waals surface area contributed by atoms with Crippen molar-refractivity contribution in [2.75, 3.05) is 25.0 Å². The summed E-state index contributed by atoms with van der Waals surface area (Å²) in [6, 6.07) is 3.38. The first-order chi connectivity index (χ1) is 14.9. The van der Waals surface area contributed by atoms with Gasteiger partial charge in [-0.3, -0.25) is 4.79 Å². The van der Waals surface area contributed by atoms with E-state index in [1.807, 2.05) is 10.8 Å². The highest BCUT2D eigenvalue weighted by Crippen LogP contribution is 2.27. The van der Waals surface area contributed by atoms with E-state index in [-0.39, 0.29) is 40.3 Å². The maximum atomic E-state index is 13.6. The SMILES string of the molecule is CC(C)(C)CNCC(C)(C)n1cnc(NC(=O)CNC2CCc3cc(F)c(Cl)cc3C2)c1. The first-order valence-corrected chi connectivity index (χ1v) is 11.6. The molecule has 1 unspecified atom stereocenters. The lowest BCUT2D eigenvalue weighted by atomic mass is 9.88. The Morgan fingerprint density at radius 3 is 2.69 bits per heavy atom. The number of hydrogen-bond acceptors (Lipinski definition) is 4. The predicted octanol–water partition coefficient (Wildman–Crippen LogP) is 4.13. The monoisotopic (exact) mass is 463 g/mol. The summed E-state index contributed by atoms with van der Waals surface area (Å²) in [6.45, 7) is 12.8. The quantitative estimate of drug-likeness (QED) is 0.550. The van der Waals surface area contributed by atoms with Crippen LogP contribution in [0.5, 0.6) is 0 Å². The first-order valence-electron chi connectivity index (χ1n) is 11.2. The molecule has 3 N–H and O–H groups in total. The van der Waals surface area contributed by atoms with Crippen LogP contribution in [0.2, 0.25) is 5.02 Å². The van der Waals surface area contributed by atoms with Gasteiger partial charge in [-0.25, -0.2) is 9.37 Å². The Labute approximate surface area is 195 Å². The number of nitrogens with one attached hydrogen (secondary N) is 3. The summed E-state index contributed by atoms with van der Waals surface area (Å²) in [5, 5.41) is 9.82. The van der Waals surface area contributed by atoms with E-state index in [4.69, 9.17) is 11.6 Å². The van der Waals surface area contributed by atoms with E-state index in [1.165, 1.54) is 6.07 Å².